The number of pyridine rings is 2. The van der Waals surface area contributed by atoms with Gasteiger partial charge < -0.3 is 24.2 Å². The number of ether oxygens (including phenoxy) is 2. The average Bonchev–Trinajstić information content (AvgIpc) is 3.37. The minimum absolute atomic E-state index is 0.0674. The van der Waals surface area contributed by atoms with E-state index in [0.717, 1.165) is 78.3 Å². The summed E-state index contributed by atoms with van der Waals surface area (Å²) in [5, 5.41) is 0. The minimum atomic E-state index is 0.0674. The largest absolute Gasteiger partial charge is 0.380 e. The van der Waals surface area contributed by atoms with Gasteiger partial charge in [0.15, 0.2) is 0 Å². The van der Waals surface area contributed by atoms with Crippen LogP contribution in [0.25, 0.3) is 0 Å². The number of rotatable bonds is 12. The van der Waals surface area contributed by atoms with Crippen molar-refractivity contribution >= 4 is 5.69 Å². The molecule has 0 aliphatic carbocycles. The number of hydrogen-bond acceptors (Lipinski definition) is 7. The van der Waals surface area contributed by atoms with E-state index in [1.165, 1.54) is 34.0 Å². The maximum absolute atomic E-state index is 5.78. The fraction of sp³-hybridized carbons (Fsp3) is 0.688. The van der Waals surface area contributed by atoms with Crippen molar-refractivity contribution in [3.05, 3.63) is 52.6 Å². The Balaban J connectivity index is 1.46. The Morgan fingerprint density at radius 1 is 0.846 bits per heavy atom. The number of aromatic nitrogens is 2. The summed E-state index contributed by atoms with van der Waals surface area (Å²) >= 11 is 0. The molecule has 0 spiro atoms. The monoisotopic (exact) mass is 537 g/mol. The first-order chi connectivity index (χ1) is 18.7. The molecule has 2 aromatic rings. The van der Waals surface area contributed by atoms with Crippen LogP contribution in [0.15, 0.2) is 24.3 Å². The second kappa shape index (κ2) is 13.5. The highest BCUT2D eigenvalue weighted by molar-refractivity contribution is 5.52. The van der Waals surface area contributed by atoms with Gasteiger partial charge in [0, 0.05) is 56.0 Å². The minimum Gasteiger partial charge on any atom is -0.380 e. The molecule has 0 bridgehead atoms. The van der Waals surface area contributed by atoms with Crippen LogP contribution in [0.5, 0.6) is 0 Å². The number of nitrogens with zero attached hydrogens (tertiary/aromatic N) is 5. The van der Waals surface area contributed by atoms with Crippen molar-refractivity contribution in [2.45, 2.75) is 70.3 Å². The molecular weight excluding hydrogens is 486 g/mol. The van der Waals surface area contributed by atoms with E-state index in [9.17, 15) is 0 Å². The maximum Gasteiger partial charge on any atom is 0.0652 e. The average molecular weight is 538 g/mol. The van der Waals surface area contributed by atoms with E-state index in [4.69, 9.17) is 19.4 Å². The topological polar surface area (TPSA) is 54.0 Å². The van der Waals surface area contributed by atoms with Crippen LogP contribution in [-0.4, -0.2) is 94.0 Å². The van der Waals surface area contributed by atoms with Crippen LogP contribution in [-0.2, 0) is 27.9 Å². The maximum atomic E-state index is 5.78. The lowest BCUT2D eigenvalue weighted by Gasteiger charge is -2.31. The normalized spacial score (nSPS) is 21.6. The quantitative estimate of drug-likeness (QED) is 0.384. The molecule has 2 saturated heterocycles. The van der Waals surface area contributed by atoms with Crippen molar-refractivity contribution in [2.75, 3.05) is 79.2 Å². The molecule has 0 N–H and O–H groups in total. The van der Waals surface area contributed by atoms with E-state index in [1.807, 2.05) is 0 Å². The van der Waals surface area contributed by atoms with E-state index in [-0.39, 0.29) is 5.41 Å². The molecule has 2 aliphatic heterocycles. The lowest BCUT2D eigenvalue weighted by molar-refractivity contribution is 0.122. The Hall–Kier alpha value is -2.06. The number of hydrogen-bond donors (Lipinski definition) is 0. The Morgan fingerprint density at radius 2 is 1.49 bits per heavy atom. The molecule has 2 fully saturated rings. The zero-order valence-corrected chi connectivity index (χ0v) is 25.5. The Morgan fingerprint density at radius 3 is 2.08 bits per heavy atom. The van der Waals surface area contributed by atoms with Crippen molar-refractivity contribution < 1.29 is 9.47 Å². The lowest BCUT2D eigenvalue weighted by Crippen LogP contribution is -2.37. The molecule has 7 heteroatoms. The van der Waals surface area contributed by atoms with E-state index in [0.29, 0.717) is 11.8 Å². The van der Waals surface area contributed by atoms with Gasteiger partial charge in [0.25, 0.3) is 0 Å². The van der Waals surface area contributed by atoms with Gasteiger partial charge >= 0.3 is 0 Å². The predicted molar refractivity (Wildman–Crippen MR) is 160 cm³/mol. The van der Waals surface area contributed by atoms with Gasteiger partial charge in [0.2, 0.25) is 0 Å². The third kappa shape index (κ3) is 7.78. The molecule has 39 heavy (non-hydrogen) atoms. The van der Waals surface area contributed by atoms with Crippen molar-refractivity contribution in [2.24, 2.45) is 0 Å². The third-order valence-electron chi connectivity index (χ3n) is 8.49. The van der Waals surface area contributed by atoms with Gasteiger partial charge in [-0.1, -0.05) is 26.8 Å². The van der Waals surface area contributed by atoms with Crippen LogP contribution in [0.2, 0.25) is 0 Å². The molecule has 4 rings (SSSR count). The molecule has 3 unspecified atom stereocenters. The van der Waals surface area contributed by atoms with Crippen LogP contribution in [0.1, 0.15) is 80.2 Å². The van der Waals surface area contributed by atoms with Crippen LogP contribution in [0.4, 0.5) is 5.69 Å². The van der Waals surface area contributed by atoms with E-state index in [1.54, 1.807) is 0 Å². The summed E-state index contributed by atoms with van der Waals surface area (Å²) in [6.45, 7) is 13.9. The SMILES string of the molecule is CC(CCC(C)c1ccc(C2(C)CCOC2)c(CN(C)C)n1)c1ccc(N2CCOCC2)c(CCN(C)C)n1. The molecule has 0 aromatic carbocycles. The zero-order chi connectivity index (χ0) is 28.0. The summed E-state index contributed by atoms with van der Waals surface area (Å²) in [5.74, 6) is 0.801. The third-order valence-corrected chi connectivity index (χ3v) is 8.49. The van der Waals surface area contributed by atoms with E-state index in [2.05, 4.69) is 87.9 Å². The molecule has 216 valence electrons. The summed E-state index contributed by atoms with van der Waals surface area (Å²) < 4.78 is 11.4. The molecular formula is C32H51N5O2. The highest BCUT2D eigenvalue weighted by Crippen LogP contribution is 2.36. The summed E-state index contributed by atoms with van der Waals surface area (Å²) in [5.41, 5.74) is 7.54. The molecule has 4 heterocycles. The van der Waals surface area contributed by atoms with Crippen molar-refractivity contribution in [1.29, 1.82) is 0 Å². The van der Waals surface area contributed by atoms with Gasteiger partial charge in [-0.25, -0.2) is 0 Å². The summed E-state index contributed by atoms with van der Waals surface area (Å²) in [6.07, 6.45) is 4.21. The highest BCUT2D eigenvalue weighted by atomic mass is 16.5. The van der Waals surface area contributed by atoms with Crippen LogP contribution < -0.4 is 4.90 Å². The van der Waals surface area contributed by atoms with Crippen molar-refractivity contribution in [3.63, 3.8) is 0 Å². The standard InChI is InChI=1S/C32H51N5O2/c1-24(27-11-10-26(30(34-27)22-36(6)7)32(3)15-19-39-23-32)8-9-25(2)28-12-13-31(37-17-20-38-21-18-37)29(33-28)14-16-35(4)5/h10-13,24-25H,8-9,14-23H2,1-7H3. The predicted octanol–water partition coefficient (Wildman–Crippen LogP) is 4.84. The Kier molecular flexibility index (Phi) is 10.4. The molecule has 0 amide bonds. The lowest BCUT2D eigenvalue weighted by atomic mass is 9.80. The van der Waals surface area contributed by atoms with Crippen LogP contribution in [0.3, 0.4) is 0 Å². The Bertz CT molecular complexity index is 1060. The molecule has 2 aliphatic rings. The molecule has 3 atom stereocenters. The molecule has 0 radical (unpaired) electrons. The molecule has 2 aromatic heterocycles. The first-order valence-electron chi connectivity index (χ1n) is 14.9. The zero-order valence-electron chi connectivity index (χ0n) is 25.5. The van der Waals surface area contributed by atoms with Gasteiger partial charge in [-0.2, -0.15) is 0 Å². The first kappa shape index (κ1) is 29.9. The van der Waals surface area contributed by atoms with Gasteiger partial charge in [0.05, 0.1) is 36.9 Å². The van der Waals surface area contributed by atoms with E-state index >= 15 is 0 Å². The highest BCUT2D eigenvalue weighted by Gasteiger charge is 2.34. The summed E-state index contributed by atoms with van der Waals surface area (Å²) in [6, 6.07) is 9.16. The fourth-order valence-corrected chi connectivity index (χ4v) is 5.83. The Labute approximate surface area is 236 Å². The summed E-state index contributed by atoms with van der Waals surface area (Å²) in [4.78, 5) is 17.4. The van der Waals surface area contributed by atoms with Crippen molar-refractivity contribution in [1.82, 2.24) is 19.8 Å². The van der Waals surface area contributed by atoms with Gasteiger partial charge in [-0.15, -0.1) is 0 Å². The van der Waals surface area contributed by atoms with Gasteiger partial charge in [0.1, 0.15) is 0 Å². The fourth-order valence-electron chi connectivity index (χ4n) is 5.83. The second-order valence-corrected chi connectivity index (χ2v) is 12.6. The van der Waals surface area contributed by atoms with Crippen molar-refractivity contribution in [3.8, 4) is 0 Å². The van der Waals surface area contributed by atoms with E-state index < -0.39 is 0 Å². The molecule has 7 nitrogen and oxygen atoms in total. The van der Waals surface area contributed by atoms with Gasteiger partial charge in [-0.05, 0) is 83.1 Å². The number of morpholine rings is 1. The second-order valence-electron chi connectivity index (χ2n) is 12.6. The molecule has 0 saturated carbocycles. The first-order valence-corrected chi connectivity index (χ1v) is 14.9. The van der Waals surface area contributed by atoms with Crippen LogP contribution in [0, 0.1) is 0 Å². The summed E-state index contributed by atoms with van der Waals surface area (Å²) in [7, 11) is 8.52. The number of anilines is 1. The smallest absolute Gasteiger partial charge is 0.0652 e. The van der Waals surface area contributed by atoms with Gasteiger partial charge in [-0.3, -0.25) is 9.97 Å². The number of likely N-dealkylation sites (N-methyl/N-ethyl adjacent to an activating group) is 1. The van der Waals surface area contributed by atoms with Crippen LogP contribution >= 0.6 is 0 Å².